The van der Waals surface area contributed by atoms with E-state index in [9.17, 15) is 9.59 Å². The zero-order valence-electron chi connectivity index (χ0n) is 17.5. The second kappa shape index (κ2) is 11.0. The Hall–Kier alpha value is -2.76. The van der Waals surface area contributed by atoms with Crippen LogP contribution in [0.3, 0.4) is 0 Å². The third-order valence-electron chi connectivity index (χ3n) is 4.72. The Bertz CT molecular complexity index is 1060. The van der Waals surface area contributed by atoms with Crippen LogP contribution in [0.2, 0.25) is 5.02 Å². The van der Waals surface area contributed by atoms with E-state index in [1.807, 2.05) is 74.5 Å². The molecule has 0 fully saturated rings. The summed E-state index contributed by atoms with van der Waals surface area (Å²) in [5.74, 6) is -0.147. The molecule has 0 aromatic heterocycles. The van der Waals surface area contributed by atoms with Gasteiger partial charge in [-0.15, -0.1) is 11.8 Å². The Labute approximate surface area is 192 Å². The van der Waals surface area contributed by atoms with Gasteiger partial charge in [0.05, 0.1) is 11.7 Å². The minimum absolute atomic E-state index is 0.0728. The molecule has 0 aliphatic heterocycles. The van der Waals surface area contributed by atoms with Crippen LogP contribution in [-0.2, 0) is 16.0 Å². The summed E-state index contributed by atoms with van der Waals surface area (Å²) in [6.07, 6.45) is 0.984. The standard InChI is InChI=1S/C25H25ClN2O2S/c1-3-23(25(30)28-22-15-19(26)13-12-17(22)2)31-21-11-7-10-20(16-21)27-24(29)14-18-8-5-4-6-9-18/h4-13,15-16,23H,3,14H2,1-2H3,(H,27,29)(H,28,30). The quantitative estimate of drug-likeness (QED) is 0.392. The fraction of sp³-hybridized carbons (Fsp3) is 0.200. The van der Waals surface area contributed by atoms with Crippen molar-refractivity contribution in [3.63, 3.8) is 0 Å². The first-order valence-corrected chi connectivity index (χ1v) is 11.4. The number of rotatable bonds is 8. The number of hydrogen-bond donors (Lipinski definition) is 2. The molecule has 3 aromatic carbocycles. The van der Waals surface area contributed by atoms with Gasteiger partial charge in [0, 0.05) is 21.3 Å². The lowest BCUT2D eigenvalue weighted by molar-refractivity contribution is -0.116. The summed E-state index contributed by atoms with van der Waals surface area (Å²) in [5.41, 5.74) is 3.36. The number of anilines is 2. The van der Waals surface area contributed by atoms with Crippen molar-refractivity contribution in [1.82, 2.24) is 0 Å². The summed E-state index contributed by atoms with van der Waals surface area (Å²) in [4.78, 5) is 26.1. The van der Waals surface area contributed by atoms with Gasteiger partial charge in [0.2, 0.25) is 11.8 Å². The third kappa shape index (κ3) is 6.88. The van der Waals surface area contributed by atoms with E-state index < -0.39 is 0 Å². The normalized spacial score (nSPS) is 11.6. The predicted octanol–water partition coefficient (Wildman–Crippen LogP) is 6.34. The Kier molecular flexibility index (Phi) is 8.15. The highest BCUT2D eigenvalue weighted by molar-refractivity contribution is 8.00. The lowest BCUT2D eigenvalue weighted by Gasteiger charge is -2.16. The van der Waals surface area contributed by atoms with Crippen molar-refractivity contribution in [2.24, 2.45) is 0 Å². The van der Waals surface area contributed by atoms with Gasteiger partial charge >= 0.3 is 0 Å². The number of hydrogen-bond acceptors (Lipinski definition) is 3. The monoisotopic (exact) mass is 452 g/mol. The number of benzene rings is 3. The van der Waals surface area contributed by atoms with E-state index in [-0.39, 0.29) is 17.1 Å². The summed E-state index contributed by atoms with van der Waals surface area (Å²) < 4.78 is 0. The van der Waals surface area contributed by atoms with E-state index in [0.717, 1.165) is 21.7 Å². The smallest absolute Gasteiger partial charge is 0.237 e. The second-order valence-corrected chi connectivity index (χ2v) is 8.91. The number of aryl methyl sites for hydroxylation is 1. The summed E-state index contributed by atoms with van der Waals surface area (Å²) in [7, 11) is 0. The molecular formula is C25H25ClN2O2S. The van der Waals surface area contributed by atoms with Crippen molar-refractivity contribution in [3.8, 4) is 0 Å². The summed E-state index contributed by atoms with van der Waals surface area (Å²) >= 11 is 7.54. The average Bonchev–Trinajstić information content (AvgIpc) is 2.75. The van der Waals surface area contributed by atoms with Crippen molar-refractivity contribution in [2.45, 2.75) is 36.8 Å². The maximum Gasteiger partial charge on any atom is 0.237 e. The maximum atomic E-state index is 12.8. The van der Waals surface area contributed by atoms with Crippen LogP contribution in [0, 0.1) is 6.92 Å². The van der Waals surface area contributed by atoms with Gasteiger partial charge in [-0.2, -0.15) is 0 Å². The first-order chi connectivity index (χ1) is 14.9. The van der Waals surface area contributed by atoms with Crippen LogP contribution in [0.5, 0.6) is 0 Å². The molecule has 0 saturated heterocycles. The van der Waals surface area contributed by atoms with Crippen LogP contribution in [0.15, 0.2) is 77.7 Å². The van der Waals surface area contributed by atoms with Gasteiger partial charge in [-0.3, -0.25) is 9.59 Å². The molecule has 0 bridgehead atoms. The second-order valence-electron chi connectivity index (χ2n) is 7.20. The fourth-order valence-electron chi connectivity index (χ4n) is 3.06. The molecular weight excluding hydrogens is 428 g/mol. The Morgan fingerprint density at radius 1 is 0.968 bits per heavy atom. The summed E-state index contributed by atoms with van der Waals surface area (Å²) in [5, 5.41) is 6.23. The van der Waals surface area contributed by atoms with Gasteiger partial charge in [-0.05, 0) is 54.8 Å². The highest BCUT2D eigenvalue weighted by Gasteiger charge is 2.19. The van der Waals surface area contributed by atoms with Crippen molar-refractivity contribution >= 4 is 46.6 Å². The molecule has 3 rings (SSSR count). The van der Waals surface area contributed by atoms with Crippen molar-refractivity contribution in [3.05, 3.63) is 88.9 Å². The molecule has 0 aliphatic carbocycles. The summed E-state index contributed by atoms with van der Waals surface area (Å²) in [6, 6.07) is 22.6. The highest BCUT2D eigenvalue weighted by Crippen LogP contribution is 2.29. The molecule has 0 saturated carbocycles. The largest absolute Gasteiger partial charge is 0.326 e. The predicted molar refractivity (Wildman–Crippen MR) is 130 cm³/mol. The zero-order valence-corrected chi connectivity index (χ0v) is 19.1. The molecule has 160 valence electrons. The van der Waals surface area contributed by atoms with E-state index in [0.29, 0.717) is 23.6 Å². The van der Waals surface area contributed by atoms with Crippen LogP contribution in [0.1, 0.15) is 24.5 Å². The van der Waals surface area contributed by atoms with E-state index in [2.05, 4.69) is 10.6 Å². The average molecular weight is 453 g/mol. The summed E-state index contributed by atoms with van der Waals surface area (Å²) in [6.45, 7) is 3.91. The molecule has 1 unspecified atom stereocenters. The Morgan fingerprint density at radius 2 is 1.74 bits per heavy atom. The molecule has 0 heterocycles. The molecule has 2 amide bonds. The van der Waals surface area contributed by atoms with Crippen LogP contribution in [0.25, 0.3) is 0 Å². The lowest BCUT2D eigenvalue weighted by atomic mass is 10.1. The number of amides is 2. The van der Waals surface area contributed by atoms with Crippen molar-refractivity contribution < 1.29 is 9.59 Å². The van der Waals surface area contributed by atoms with Crippen LogP contribution >= 0.6 is 23.4 Å². The zero-order chi connectivity index (χ0) is 22.2. The SMILES string of the molecule is CCC(Sc1cccc(NC(=O)Cc2ccccc2)c1)C(=O)Nc1cc(Cl)ccc1C. The molecule has 4 nitrogen and oxygen atoms in total. The van der Waals surface area contributed by atoms with Crippen molar-refractivity contribution in [2.75, 3.05) is 10.6 Å². The third-order valence-corrected chi connectivity index (χ3v) is 6.32. The number of carbonyl (C=O) groups is 2. The van der Waals surface area contributed by atoms with Gasteiger partial charge in [-0.1, -0.05) is 61.0 Å². The van der Waals surface area contributed by atoms with Crippen molar-refractivity contribution in [1.29, 1.82) is 0 Å². The number of halogens is 1. The first kappa shape index (κ1) is 22.9. The number of carbonyl (C=O) groups excluding carboxylic acids is 2. The van der Waals surface area contributed by atoms with E-state index >= 15 is 0 Å². The first-order valence-electron chi connectivity index (χ1n) is 10.1. The molecule has 0 aliphatic rings. The molecule has 1 atom stereocenters. The minimum Gasteiger partial charge on any atom is -0.326 e. The molecule has 3 aromatic rings. The molecule has 2 N–H and O–H groups in total. The van der Waals surface area contributed by atoms with Crippen LogP contribution in [0.4, 0.5) is 11.4 Å². The highest BCUT2D eigenvalue weighted by atomic mass is 35.5. The van der Waals surface area contributed by atoms with Gasteiger partial charge < -0.3 is 10.6 Å². The van der Waals surface area contributed by atoms with Gasteiger partial charge in [-0.25, -0.2) is 0 Å². The number of thioether (sulfide) groups is 1. The Balaban J connectivity index is 1.63. The van der Waals surface area contributed by atoms with E-state index in [1.165, 1.54) is 11.8 Å². The number of nitrogens with one attached hydrogen (secondary N) is 2. The molecule has 31 heavy (non-hydrogen) atoms. The van der Waals surface area contributed by atoms with Gasteiger partial charge in [0.1, 0.15) is 0 Å². The Morgan fingerprint density at radius 3 is 2.48 bits per heavy atom. The van der Waals surface area contributed by atoms with Gasteiger partial charge in [0.15, 0.2) is 0 Å². The molecule has 0 radical (unpaired) electrons. The fourth-order valence-corrected chi connectivity index (χ4v) is 4.25. The molecule has 6 heteroatoms. The minimum atomic E-state index is -0.270. The van der Waals surface area contributed by atoms with E-state index in [4.69, 9.17) is 11.6 Å². The van der Waals surface area contributed by atoms with Gasteiger partial charge in [0.25, 0.3) is 0 Å². The van der Waals surface area contributed by atoms with E-state index in [1.54, 1.807) is 12.1 Å². The lowest BCUT2D eigenvalue weighted by Crippen LogP contribution is -2.25. The topological polar surface area (TPSA) is 58.2 Å². The van der Waals surface area contributed by atoms with Crippen LogP contribution < -0.4 is 10.6 Å². The molecule has 0 spiro atoms. The maximum absolute atomic E-state index is 12.8. The van der Waals surface area contributed by atoms with Crippen LogP contribution in [-0.4, -0.2) is 17.1 Å².